The lowest BCUT2D eigenvalue weighted by Gasteiger charge is -2.48. The zero-order valence-corrected chi connectivity index (χ0v) is 23.1. The molecule has 2 unspecified atom stereocenters. The molecule has 19 heteroatoms. The Hall–Kier alpha value is -3.97. The zero-order valence-electron chi connectivity index (χ0n) is 23.1. The molecule has 10 nitrogen and oxygen atoms in total. The molecule has 0 aliphatic carbocycles. The summed E-state index contributed by atoms with van der Waals surface area (Å²) >= 11 is 0. The number of fused-ring (bicyclic) bond motifs is 1. The maximum Gasteiger partial charge on any atom is 0.416 e. The number of carboxylic acid groups (broad SMARTS) is 1. The van der Waals surface area contributed by atoms with Gasteiger partial charge in [-0.1, -0.05) is 6.92 Å². The molecule has 1 aliphatic heterocycles. The third kappa shape index (κ3) is 6.84. The molecule has 246 valence electrons. The molecule has 1 aliphatic rings. The van der Waals surface area contributed by atoms with Crippen molar-refractivity contribution in [2.24, 2.45) is 11.5 Å². The predicted octanol–water partition coefficient (Wildman–Crippen LogP) is 4.92. The number of hydrogen-bond acceptors (Lipinski definition) is 7. The van der Waals surface area contributed by atoms with Crippen molar-refractivity contribution >= 4 is 11.8 Å². The maximum atomic E-state index is 13.9. The summed E-state index contributed by atoms with van der Waals surface area (Å²) in [6.45, 7) is 0.775. The molecule has 0 saturated heterocycles. The molecule has 1 aromatic heterocycles. The summed E-state index contributed by atoms with van der Waals surface area (Å²) in [5.74, 6) is -3.81. The van der Waals surface area contributed by atoms with Crippen LogP contribution in [-0.2, 0) is 25.1 Å². The van der Waals surface area contributed by atoms with E-state index >= 15 is 0 Å². The molecule has 0 radical (unpaired) electrons. The minimum Gasteiger partial charge on any atom is -0.465 e. The summed E-state index contributed by atoms with van der Waals surface area (Å²) in [4.78, 5) is 13.7. The number of benzene rings is 2. The van der Waals surface area contributed by atoms with Gasteiger partial charge in [0.2, 0.25) is 0 Å². The van der Waals surface area contributed by atoms with Crippen molar-refractivity contribution in [1.29, 1.82) is 0 Å². The molecule has 2 aromatic carbocycles. The summed E-state index contributed by atoms with van der Waals surface area (Å²) in [6.07, 6.45) is -19.2. The first kappa shape index (κ1) is 33.9. The number of anilines is 1. The van der Waals surface area contributed by atoms with Crippen LogP contribution in [-0.4, -0.2) is 54.8 Å². The van der Waals surface area contributed by atoms with Gasteiger partial charge in [0.1, 0.15) is 0 Å². The van der Waals surface area contributed by atoms with Gasteiger partial charge in [0, 0.05) is 12.5 Å². The molecule has 0 bridgehead atoms. The molecule has 4 rings (SSSR count). The molecule has 0 spiro atoms. The smallest absolute Gasteiger partial charge is 0.416 e. The minimum atomic E-state index is -5.29. The zero-order chi connectivity index (χ0) is 33.7. The number of amides is 1. The van der Waals surface area contributed by atoms with Crippen LogP contribution in [0.15, 0.2) is 36.4 Å². The Morgan fingerprint density at radius 3 is 2.07 bits per heavy atom. The van der Waals surface area contributed by atoms with E-state index in [1.807, 2.05) is 0 Å². The van der Waals surface area contributed by atoms with Crippen LogP contribution in [0, 0.1) is 0 Å². The summed E-state index contributed by atoms with van der Waals surface area (Å²) in [5, 5.41) is 31.4. The molecule has 6 N–H and O–H groups in total. The molecule has 4 atom stereocenters. The number of rotatable bonds is 7. The topological polar surface area (TPSA) is 156 Å². The third-order valence-corrected chi connectivity index (χ3v) is 7.58. The number of alkyl halides is 9. The number of halogens is 9. The van der Waals surface area contributed by atoms with E-state index in [9.17, 15) is 54.5 Å². The molecule has 0 saturated carbocycles. The lowest BCUT2D eigenvalue weighted by molar-refractivity contribution is -0.143. The number of aliphatic hydroxyl groups is 1. The van der Waals surface area contributed by atoms with Crippen molar-refractivity contribution in [3.05, 3.63) is 70.0 Å². The Labute approximate surface area is 248 Å². The van der Waals surface area contributed by atoms with Gasteiger partial charge < -0.3 is 21.7 Å². The Balaban J connectivity index is 2.08. The average Bonchev–Trinajstić information content (AvgIpc) is 3.38. The van der Waals surface area contributed by atoms with E-state index in [0.29, 0.717) is 29.2 Å². The molecule has 0 fully saturated rings. The maximum absolute atomic E-state index is 13.9. The van der Waals surface area contributed by atoms with Crippen LogP contribution in [0.4, 0.5) is 50.0 Å². The van der Waals surface area contributed by atoms with Crippen LogP contribution in [0.2, 0.25) is 0 Å². The Morgan fingerprint density at radius 1 is 1.00 bits per heavy atom. The first-order valence-corrected chi connectivity index (χ1v) is 13.2. The normalized spacial score (nSPS) is 20.6. The van der Waals surface area contributed by atoms with E-state index in [0.717, 1.165) is 10.9 Å². The van der Waals surface area contributed by atoms with E-state index < -0.39 is 94.8 Å². The summed E-state index contributed by atoms with van der Waals surface area (Å²) in [7, 11) is 0. The van der Waals surface area contributed by atoms with E-state index in [2.05, 4.69) is 15.4 Å². The van der Waals surface area contributed by atoms with Gasteiger partial charge in [-0.2, -0.15) is 44.3 Å². The Kier molecular flexibility index (Phi) is 8.86. The van der Waals surface area contributed by atoms with Crippen molar-refractivity contribution < 1.29 is 54.5 Å². The molecule has 1 amide bonds. The molecule has 3 aromatic rings. The average molecular weight is 656 g/mol. The van der Waals surface area contributed by atoms with Crippen molar-refractivity contribution in [2.75, 3.05) is 11.4 Å². The number of hydrogen-bond donors (Lipinski definition) is 4. The monoisotopic (exact) mass is 655 g/mol. The van der Waals surface area contributed by atoms with Crippen molar-refractivity contribution in [3.8, 4) is 0 Å². The number of nitrogens with zero attached hydrogens (tertiary/aromatic N) is 5. The van der Waals surface area contributed by atoms with Crippen LogP contribution in [0.5, 0.6) is 0 Å². The van der Waals surface area contributed by atoms with E-state index in [-0.39, 0.29) is 24.7 Å². The fourth-order valence-electron chi connectivity index (χ4n) is 5.39. The van der Waals surface area contributed by atoms with Crippen LogP contribution in [0.1, 0.15) is 65.2 Å². The number of tetrazole rings is 1. The van der Waals surface area contributed by atoms with E-state index in [1.54, 1.807) is 0 Å². The van der Waals surface area contributed by atoms with Crippen LogP contribution in [0.3, 0.4) is 0 Å². The lowest BCUT2D eigenvalue weighted by atomic mass is 9.71. The second-order valence-electron chi connectivity index (χ2n) is 10.6. The second-order valence-corrected chi connectivity index (χ2v) is 10.6. The van der Waals surface area contributed by atoms with Crippen molar-refractivity contribution in [3.63, 3.8) is 0 Å². The SMILES string of the molecule is CC[C@]1(N)C[C@@H](C(c2cc(C(F)(F)F)cc(C(F)(F)F)c2)c2nnn(CC(O)CN)n2)c2cc(C(F)(F)F)ccc2N1C(=O)O. The quantitative estimate of drug-likeness (QED) is 0.262. The molecule has 2 heterocycles. The highest BCUT2D eigenvalue weighted by Gasteiger charge is 2.49. The van der Waals surface area contributed by atoms with Gasteiger partial charge in [-0.05, 0) is 65.6 Å². The predicted molar refractivity (Wildman–Crippen MR) is 138 cm³/mol. The number of nitrogens with two attached hydrogens (primary N) is 2. The highest BCUT2D eigenvalue weighted by Crippen LogP contribution is 2.52. The van der Waals surface area contributed by atoms with Crippen LogP contribution in [0.25, 0.3) is 0 Å². The lowest BCUT2D eigenvalue weighted by Crippen LogP contribution is -2.61. The van der Waals surface area contributed by atoms with Gasteiger partial charge in [0.15, 0.2) is 5.82 Å². The fraction of sp³-hybridized carbons (Fsp3) is 0.462. The van der Waals surface area contributed by atoms with Crippen LogP contribution >= 0.6 is 0 Å². The highest BCUT2D eigenvalue weighted by atomic mass is 19.4. The van der Waals surface area contributed by atoms with Gasteiger partial charge in [0.05, 0.1) is 46.6 Å². The summed E-state index contributed by atoms with van der Waals surface area (Å²) in [5.41, 5.74) is 3.80. The number of aromatic nitrogens is 4. The Morgan fingerprint density at radius 2 is 1.58 bits per heavy atom. The standard InChI is InChI=1S/C26H26F9N7O3/c1-2-23(37)9-18(17-8-13(24(27,28)29)3-4-19(17)42(23)22(44)45)20(21-38-40-41(39-21)11-16(43)10-36)12-5-14(25(30,31)32)7-15(6-12)26(33,34)35/h3-8,16,18,20,43H,2,9-11,36-37H2,1H3,(H,44,45)/t16?,18-,20?,23-/m1/s1. The third-order valence-electron chi connectivity index (χ3n) is 7.58. The fourth-order valence-corrected chi connectivity index (χ4v) is 5.39. The van der Waals surface area contributed by atoms with Gasteiger partial charge in [-0.25, -0.2) is 4.79 Å². The van der Waals surface area contributed by atoms with E-state index in [1.165, 1.54) is 6.92 Å². The number of carbonyl (C=O) groups is 1. The van der Waals surface area contributed by atoms with Gasteiger partial charge >= 0.3 is 24.6 Å². The molecular weight excluding hydrogens is 629 g/mol. The first-order valence-electron chi connectivity index (χ1n) is 13.2. The largest absolute Gasteiger partial charge is 0.465 e. The number of aliphatic hydroxyl groups excluding tert-OH is 1. The summed E-state index contributed by atoms with van der Waals surface area (Å²) in [6, 6.07) is 2.62. The van der Waals surface area contributed by atoms with Gasteiger partial charge in [-0.15, -0.1) is 10.2 Å². The first-order chi connectivity index (χ1) is 20.7. The van der Waals surface area contributed by atoms with E-state index in [4.69, 9.17) is 11.5 Å². The van der Waals surface area contributed by atoms with Gasteiger partial charge in [-0.3, -0.25) is 4.90 Å². The van der Waals surface area contributed by atoms with Crippen molar-refractivity contribution in [2.45, 2.75) is 68.4 Å². The van der Waals surface area contributed by atoms with Crippen molar-refractivity contribution in [1.82, 2.24) is 20.2 Å². The van der Waals surface area contributed by atoms with Crippen LogP contribution < -0.4 is 16.4 Å². The highest BCUT2D eigenvalue weighted by molar-refractivity contribution is 5.90. The van der Waals surface area contributed by atoms with Gasteiger partial charge in [0.25, 0.3) is 0 Å². The summed E-state index contributed by atoms with van der Waals surface area (Å²) < 4.78 is 125. The minimum absolute atomic E-state index is 0.121. The molecule has 45 heavy (non-hydrogen) atoms. The second kappa shape index (κ2) is 11.8. The Bertz CT molecular complexity index is 1530. The molecular formula is C26H26F9N7O3.